The number of benzene rings is 1. The van der Waals surface area contributed by atoms with Crippen molar-refractivity contribution < 1.29 is 33.6 Å². The number of carbonyl (C=O) groups is 1. The van der Waals surface area contributed by atoms with Gasteiger partial charge >= 0.3 is 5.97 Å². The molecule has 1 aromatic heterocycles. The summed E-state index contributed by atoms with van der Waals surface area (Å²) in [6.45, 7) is 3.77. The highest BCUT2D eigenvalue weighted by Gasteiger charge is 2.40. The van der Waals surface area contributed by atoms with E-state index in [1.165, 1.54) is 6.20 Å². The van der Waals surface area contributed by atoms with Gasteiger partial charge in [0.05, 0.1) is 42.1 Å². The highest BCUT2D eigenvalue weighted by atomic mass is 16.7. The van der Waals surface area contributed by atoms with Crippen LogP contribution in [0.2, 0.25) is 0 Å². The molecular weight excluding hydrogens is 444 g/mol. The fraction of sp³-hybridized carbons (Fsp3) is 0.609. The molecule has 186 valence electrons. The average Bonchev–Trinajstić information content (AvgIpc) is 2.82. The Hall–Kier alpha value is -2.25. The number of para-hydroxylation sites is 2. The van der Waals surface area contributed by atoms with Gasteiger partial charge in [-0.2, -0.15) is 0 Å². The van der Waals surface area contributed by atoms with Crippen molar-refractivity contribution in [2.75, 3.05) is 13.2 Å². The Morgan fingerprint density at radius 3 is 2.50 bits per heavy atom. The van der Waals surface area contributed by atoms with E-state index in [9.17, 15) is 9.90 Å². The largest absolute Gasteiger partial charge is 0.458 e. The fourth-order valence-corrected chi connectivity index (χ4v) is 4.19. The third-order valence-electron chi connectivity index (χ3n) is 6.05. The number of aliphatic hydroxyl groups excluding tert-OH is 1. The maximum atomic E-state index is 12.3. The van der Waals surface area contributed by atoms with Crippen molar-refractivity contribution in [3.63, 3.8) is 0 Å². The Balaban J connectivity index is 1.20. The van der Waals surface area contributed by atoms with E-state index in [1.54, 1.807) is 13.0 Å². The summed E-state index contributed by atoms with van der Waals surface area (Å²) < 4.78 is 28.6. The molecule has 11 nitrogen and oxygen atoms in total. The summed E-state index contributed by atoms with van der Waals surface area (Å²) in [5.41, 5.74) is 13.8. The lowest BCUT2D eigenvalue weighted by Gasteiger charge is -2.42. The summed E-state index contributed by atoms with van der Waals surface area (Å²) in [5.74, 6) is -0.574. The monoisotopic (exact) mass is 476 g/mol. The van der Waals surface area contributed by atoms with E-state index in [0.29, 0.717) is 23.9 Å². The summed E-state index contributed by atoms with van der Waals surface area (Å²) in [7, 11) is 0. The van der Waals surface area contributed by atoms with Crippen LogP contribution in [-0.2, 0) is 23.7 Å². The molecule has 2 aliphatic rings. The van der Waals surface area contributed by atoms with Crippen LogP contribution in [0.4, 0.5) is 0 Å². The van der Waals surface area contributed by atoms with Crippen LogP contribution in [0.25, 0.3) is 11.0 Å². The predicted molar refractivity (Wildman–Crippen MR) is 121 cm³/mol. The predicted octanol–water partition coefficient (Wildman–Crippen LogP) is 0.474. The molecule has 0 bridgehead atoms. The Kier molecular flexibility index (Phi) is 8.04. The van der Waals surface area contributed by atoms with Crippen molar-refractivity contribution >= 4 is 17.0 Å². The average molecular weight is 477 g/mol. The molecule has 0 amide bonds. The van der Waals surface area contributed by atoms with Crippen LogP contribution in [0.1, 0.15) is 37.2 Å². The molecule has 2 fully saturated rings. The van der Waals surface area contributed by atoms with Crippen molar-refractivity contribution in [1.82, 2.24) is 9.97 Å². The standard InChI is InChI=1S/C23H32N4O7/c1-12-21(28)14(24)9-20(32-12)34-22-13(2)33-19(10-15(22)25)30-7-8-31-23(29)18-11-26-16-5-3-4-6-17(16)27-18/h3-6,11-15,19-22,28H,7-10,24-25H2,1-2H3/t12-,13-,14-,15-,19-,20-,21-,22-/m1/s1. The quantitative estimate of drug-likeness (QED) is 0.376. The van der Waals surface area contributed by atoms with E-state index in [1.807, 2.05) is 25.1 Å². The van der Waals surface area contributed by atoms with E-state index in [0.717, 1.165) is 0 Å². The van der Waals surface area contributed by atoms with Crippen LogP contribution in [0.15, 0.2) is 30.5 Å². The second-order valence-corrected chi connectivity index (χ2v) is 8.68. The van der Waals surface area contributed by atoms with Crippen molar-refractivity contribution in [2.45, 2.75) is 75.8 Å². The highest BCUT2D eigenvalue weighted by molar-refractivity contribution is 5.89. The number of aromatic nitrogens is 2. The first kappa shape index (κ1) is 24.9. The van der Waals surface area contributed by atoms with Crippen LogP contribution >= 0.6 is 0 Å². The number of aliphatic hydroxyl groups is 1. The van der Waals surface area contributed by atoms with Crippen LogP contribution in [0.3, 0.4) is 0 Å². The molecule has 2 aromatic rings. The first-order chi connectivity index (χ1) is 16.3. The van der Waals surface area contributed by atoms with Crippen molar-refractivity contribution in [1.29, 1.82) is 0 Å². The van der Waals surface area contributed by atoms with Crippen LogP contribution < -0.4 is 11.5 Å². The Morgan fingerprint density at radius 2 is 1.76 bits per heavy atom. The molecule has 0 saturated carbocycles. The SMILES string of the molecule is C[C@H]1O[C@H](O[C@H]2[C@H](N)C[C@H](OCCOC(=O)c3cnc4ccccc4n3)O[C@@H]2C)C[C@@H](N)[C@@H]1O. The first-order valence-corrected chi connectivity index (χ1v) is 11.5. The van der Waals surface area contributed by atoms with Gasteiger partial charge < -0.3 is 40.3 Å². The molecule has 0 radical (unpaired) electrons. The summed E-state index contributed by atoms with van der Waals surface area (Å²) in [5, 5.41) is 9.94. The van der Waals surface area contributed by atoms with Gasteiger partial charge in [0, 0.05) is 24.9 Å². The van der Waals surface area contributed by atoms with E-state index < -0.39 is 42.9 Å². The zero-order valence-corrected chi connectivity index (χ0v) is 19.3. The van der Waals surface area contributed by atoms with Crippen LogP contribution in [-0.4, -0.2) is 83.3 Å². The van der Waals surface area contributed by atoms with E-state index in [2.05, 4.69) is 9.97 Å². The van der Waals surface area contributed by atoms with Gasteiger partial charge in [-0.1, -0.05) is 12.1 Å². The van der Waals surface area contributed by atoms with E-state index >= 15 is 0 Å². The maximum absolute atomic E-state index is 12.3. The number of nitrogens with two attached hydrogens (primary N) is 2. The zero-order valence-electron chi connectivity index (χ0n) is 19.3. The summed E-state index contributed by atoms with van der Waals surface area (Å²) in [4.78, 5) is 20.7. The van der Waals surface area contributed by atoms with Gasteiger partial charge in [-0.25, -0.2) is 9.78 Å². The number of nitrogens with zero attached hydrogens (tertiary/aromatic N) is 2. The van der Waals surface area contributed by atoms with Gasteiger partial charge in [-0.15, -0.1) is 0 Å². The van der Waals surface area contributed by atoms with Gasteiger partial charge in [0.25, 0.3) is 0 Å². The zero-order chi connectivity index (χ0) is 24.2. The Labute approximate surface area is 197 Å². The van der Waals surface area contributed by atoms with Gasteiger partial charge in [-0.05, 0) is 26.0 Å². The van der Waals surface area contributed by atoms with Crippen molar-refractivity contribution in [3.05, 3.63) is 36.2 Å². The second-order valence-electron chi connectivity index (χ2n) is 8.68. The molecule has 0 unspecified atom stereocenters. The third-order valence-corrected chi connectivity index (χ3v) is 6.05. The maximum Gasteiger partial charge on any atom is 0.358 e. The lowest BCUT2D eigenvalue weighted by molar-refractivity contribution is -0.287. The summed E-state index contributed by atoms with van der Waals surface area (Å²) in [6.07, 6.45) is -0.886. The minimum absolute atomic E-state index is 0.0325. The van der Waals surface area contributed by atoms with Gasteiger partial charge in [0.15, 0.2) is 18.3 Å². The smallest absolute Gasteiger partial charge is 0.358 e. The lowest BCUT2D eigenvalue weighted by atomic mass is 9.98. The first-order valence-electron chi connectivity index (χ1n) is 11.5. The van der Waals surface area contributed by atoms with E-state index in [-0.39, 0.29) is 31.1 Å². The summed E-state index contributed by atoms with van der Waals surface area (Å²) >= 11 is 0. The van der Waals surface area contributed by atoms with Crippen molar-refractivity contribution in [3.8, 4) is 0 Å². The molecule has 34 heavy (non-hydrogen) atoms. The third kappa shape index (κ3) is 5.87. The van der Waals surface area contributed by atoms with Crippen LogP contribution in [0, 0.1) is 0 Å². The minimum Gasteiger partial charge on any atom is -0.458 e. The summed E-state index contributed by atoms with van der Waals surface area (Å²) in [6, 6.07) is 6.50. The lowest BCUT2D eigenvalue weighted by Crippen LogP contribution is -2.57. The number of hydrogen-bond donors (Lipinski definition) is 3. The molecule has 2 aliphatic heterocycles. The number of esters is 1. The number of ether oxygens (including phenoxy) is 5. The normalized spacial score (nSPS) is 34.1. The van der Waals surface area contributed by atoms with Gasteiger partial charge in [-0.3, -0.25) is 4.98 Å². The molecule has 3 heterocycles. The molecule has 0 aliphatic carbocycles. The number of fused-ring (bicyclic) bond motifs is 1. The Morgan fingerprint density at radius 1 is 1.06 bits per heavy atom. The number of carbonyl (C=O) groups excluding carboxylic acids is 1. The molecule has 0 spiro atoms. The molecule has 1 aromatic carbocycles. The van der Waals surface area contributed by atoms with E-state index in [4.69, 9.17) is 35.2 Å². The molecule has 2 saturated heterocycles. The minimum atomic E-state index is -0.728. The molecule has 5 N–H and O–H groups in total. The fourth-order valence-electron chi connectivity index (χ4n) is 4.19. The Bertz CT molecular complexity index is 955. The number of hydrogen-bond acceptors (Lipinski definition) is 11. The number of rotatable bonds is 7. The molecule has 4 rings (SSSR count). The van der Waals surface area contributed by atoms with Gasteiger partial charge in [0.1, 0.15) is 12.7 Å². The molecular formula is C23H32N4O7. The molecule has 11 heteroatoms. The van der Waals surface area contributed by atoms with Gasteiger partial charge in [0.2, 0.25) is 0 Å². The molecule has 8 atom stereocenters. The topological polar surface area (TPSA) is 161 Å². The van der Waals surface area contributed by atoms with Crippen molar-refractivity contribution in [2.24, 2.45) is 11.5 Å². The second kappa shape index (κ2) is 11.0. The highest BCUT2D eigenvalue weighted by Crippen LogP contribution is 2.27. The van der Waals surface area contributed by atoms with Crippen LogP contribution in [0.5, 0.6) is 0 Å².